The number of nitrogens with one attached hydrogen (secondary N) is 2. The number of ketones is 1. The van der Waals surface area contributed by atoms with Gasteiger partial charge in [0.25, 0.3) is 5.56 Å². The molecule has 0 saturated heterocycles. The van der Waals surface area contributed by atoms with E-state index in [1.807, 2.05) is 62.4 Å². The Kier molecular flexibility index (Phi) is 5.21. The van der Waals surface area contributed by atoms with E-state index >= 15 is 0 Å². The van der Waals surface area contributed by atoms with E-state index in [9.17, 15) is 9.59 Å². The van der Waals surface area contributed by atoms with E-state index in [0.717, 1.165) is 16.8 Å². The van der Waals surface area contributed by atoms with Gasteiger partial charge in [0.05, 0.1) is 11.5 Å². The molecule has 0 bridgehead atoms. The highest BCUT2D eigenvalue weighted by Crippen LogP contribution is 2.49. The zero-order valence-electron chi connectivity index (χ0n) is 19.5. The maximum absolute atomic E-state index is 13.5. The third-order valence-electron chi connectivity index (χ3n) is 6.67. The van der Waals surface area contributed by atoms with Crippen molar-refractivity contribution in [2.75, 3.05) is 12.1 Å². The van der Waals surface area contributed by atoms with Gasteiger partial charge in [-0.05, 0) is 28.7 Å². The predicted octanol–water partition coefficient (Wildman–Crippen LogP) is 4.85. The summed E-state index contributed by atoms with van der Waals surface area (Å²) < 4.78 is 11.1. The molecule has 178 valence electrons. The van der Waals surface area contributed by atoms with E-state index in [4.69, 9.17) is 14.5 Å². The van der Waals surface area contributed by atoms with Crippen LogP contribution in [0.4, 0.5) is 5.82 Å². The summed E-state index contributed by atoms with van der Waals surface area (Å²) in [5, 5.41) is 3.89. The Morgan fingerprint density at radius 1 is 1.06 bits per heavy atom. The molecular formula is C27H25N3O4S. The smallest absolute Gasteiger partial charge is 0.257 e. The third kappa shape index (κ3) is 4.01. The van der Waals surface area contributed by atoms with Gasteiger partial charge in [-0.3, -0.25) is 9.59 Å². The lowest BCUT2D eigenvalue weighted by atomic mass is 9.67. The van der Waals surface area contributed by atoms with E-state index in [2.05, 4.69) is 16.4 Å². The fourth-order valence-electron chi connectivity index (χ4n) is 5.18. The fraction of sp³-hybridized carbons (Fsp3) is 0.296. The highest BCUT2D eigenvalue weighted by molar-refractivity contribution is 7.98. The van der Waals surface area contributed by atoms with Gasteiger partial charge in [0, 0.05) is 23.8 Å². The summed E-state index contributed by atoms with van der Waals surface area (Å²) in [6.45, 7) is 4.26. The van der Waals surface area contributed by atoms with E-state index in [1.165, 1.54) is 11.8 Å². The van der Waals surface area contributed by atoms with Crippen molar-refractivity contribution in [1.29, 1.82) is 0 Å². The number of rotatable bonds is 4. The molecule has 35 heavy (non-hydrogen) atoms. The monoisotopic (exact) mass is 487 g/mol. The van der Waals surface area contributed by atoms with Gasteiger partial charge in [0.2, 0.25) is 6.79 Å². The Balaban J connectivity index is 1.45. The highest BCUT2D eigenvalue weighted by atomic mass is 32.2. The number of allylic oxidation sites excluding steroid dienone is 2. The fourth-order valence-corrected chi connectivity index (χ4v) is 6.00. The molecular weight excluding hydrogens is 462 g/mol. The third-order valence-corrected chi connectivity index (χ3v) is 7.62. The first-order valence-corrected chi connectivity index (χ1v) is 12.6. The lowest BCUT2D eigenvalue weighted by molar-refractivity contribution is -0.124. The minimum Gasteiger partial charge on any atom is -0.454 e. The summed E-state index contributed by atoms with van der Waals surface area (Å²) in [6, 6.07) is 15.7. The lowest BCUT2D eigenvalue weighted by Crippen LogP contribution is -2.41. The van der Waals surface area contributed by atoms with Crippen LogP contribution in [0.5, 0.6) is 11.5 Å². The van der Waals surface area contributed by atoms with Crippen LogP contribution in [0.2, 0.25) is 0 Å². The molecule has 3 aliphatic rings. The summed E-state index contributed by atoms with van der Waals surface area (Å²) in [7, 11) is 0. The first kappa shape index (κ1) is 22.0. The Labute approximate surface area is 207 Å². The summed E-state index contributed by atoms with van der Waals surface area (Å²) in [4.78, 5) is 34.7. The number of carbonyl (C=O) groups is 1. The van der Waals surface area contributed by atoms with Crippen molar-refractivity contribution in [2.24, 2.45) is 11.3 Å². The van der Waals surface area contributed by atoms with Crippen molar-refractivity contribution in [2.45, 2.75) is 37.1 Å². The Hall–Kier alpha value is -3.52. The molecule has 8 heteroatoms. The summed E-state index contributed by atoms with van der Waals surface area (Å²) in [6.07, 6.45) is 2.53. The van der Waals surface area contributed by atoms with Crippen molar-refractivity contribution in [1.82, 2.24) is 9.97 Å². The molecule has 2 aromatic carbocycles. The first-order chi connectivity index (χ1) is 16.9. The number of Topliss-reactive ketones (excluding diaryl/α,β-unsaturated/α-hetero) is 1. The Bertz CT molecular complexity index is 1410. The normalized spacial score (nSPS) is 21.5. The summed E-state index contributed by atoms with van der Waals surface area (Å²) >= 11 is 1.47. The second kappa shape index (κ2) is 8.30. The minimum atomic E-state index is -0.485. The Morgan fingerprint density at radius 3 is 2.69 bits per heavy atom. The van der Waals surface area contributed by atoms with Crippen molar-refractivity contribution < 1.29 is 14.3 Å². The van der Waals surface area contributed by atoms with E-state index < -0.39 is 11.8 Å². The van der Waals surface area contributed by atoms with Crippen molar-refractivity contribution in [3.05, 3.63) is 87.3 Å². The molecule has 0 amide bonds. The van der Waals surface area contributed by atoms with Crippen LogP contribution in [0.1, 0.15) is 42.9 Å². The average molecular weight is 488 g/mol. The molecule has 7 nitrogen and oxygen atoms in total. The standard InChI is InChI=1S/C27H25N3O4S/c1-27(2)11-17-22(18(31)12-27)21(16-8-9-19-20(10-16)34-14-33-19)23-24(28-17)29-26(30-25(23)32)35-13-15-6-4-3-5-7-15/h3-11,21-22H,12-14H2,1-2H3,(H2,28,29,30,32). The molecule has 0 fully saturated rings. The van der Waals surface area contributed by atoms with Crippen LogP contribution in [0.3, 0.4) is 0 Å². The molecule has 1 aromatic heterocycles. The maximum Gasteiger partial charge on any atom is 0.257 e. The van der Waals surface area contributed by atoms with Gasteiger partial charge in [-0.2, -0.15) is 0 Å². The predicted molar refractivity (Wildman–Crippen MR) is 134 cm³/mol. The molecule has 3 heterocycles. The van der Waals surface area contributed by atoms with Crippen LogP contribution >= 0.6 is 11.8 Å². The molecule has 1 aliphatic carbocycles. The van der Waals surface area contributed by atoms with Gasteiger partial charge in [-0.25, -0.2) is 4.98 Å². The first-order valence-electron chi connectivity index (χ1n) is 11.6. The molecule has 0 radical (unpaired) electrons. The number of hydrogen-bond acceptors (Lipinski definition) is 7. The number of fused-ring (bicyclic) bond motifs is 3. The second-order valence-electron chi connectivity index (χ2n) is 9.83. The van der Waals surface area contributed by atoms with Crippen LogP contribution in [0.25, 0.3) is 0 Å². The number of ether oxygens (including phenoxy) is 2. The van der Waals surface area contributed by atoms with Crippen LogP contribution in [0, 0.1) is 11.3 Å². The maximum atomic E-state index is 13.5. The van der Waals surface area contributed by atoms with Crippen molar-refractivity contribution in [3.63, 3.8) is 0 Å². The Morgan fingerprint density at radius 2 is 1.86 bits per heavy atom. The van der Waals surface area contributed by atoms with Crippen LogP contribution in [-0.4, -0.2) is 22.5 Å². The van der Waals surface area contributed by atoms with Crippen LogP contribution < -0.4 is 20.3 Å². The molecule has 2 aliphatic heterocycles. The van der Waals surface area contributed by atoms with Gasteiger partial charge < -0.3 is 19.8 Å². The number of nitrogens with zero attached hydrogens (tertiary/aromatic N) is 1. The molecule has 2 N–H and O–H groups in total. The number of H-pyrrole nitrogens is 1. The number of benzene rings is 2. The average Bonchev–Trinajstić information content (AvgIpc) is 3.29. The molecule has 2 atom stereocenters. The van der Waals surface area contributed by atoms with Crippen LogP contribution in [-0.2, 0) is 10.5 Å². The largest absolute Gasteiger partial charge is 0.454 e. The molecule has 2 unspecified atom stereocenters. The quantitative estimate of drug-likeness (QED) is 0.401. The molecule has 0 spiro atoms. The van der Waals surface area contributed by atoms with Crippen LogP contribution in [0.15, 0.2) is 70.3 Å². The second-order valence-corrected chi connectivity index (χ2v) is 10.8. The van der Waals surface area contributed by atoms with Crippen molar-refractivity contribution in [3.8, 4) is 11.5 Å². The van der Waals surface area contributed by atoms with Gasteiger partial charge in [0.1, 0.15) is 11.6 Å². The number of aromatic amines is 1. The number of aromatic nitrogens is 2. The minimum absolute atomic E-state index is 0.107. The van der Waals surface area contributed by atoms with Gasteiger partial charge in [-0.1, -0.05) is 68.1 Å². The van der Waals surface area contributed by atoms with Gasteiger partial charge in [0.15, 0.2) is 16.7 Å². The van der Waals surface area contributed by atoms with Gasteiger partial charge >= 0.3 is 0 Å². The number of thioether (sulfide) groups is 1. The number of carbonyl (C=O) groups excluding carboxylic acids is 1. The van der Waals surface area contributed by atoms with E-state index in [-0.39, 0.29) is 23.6 Å². The van der Waals surface area contributed by atoms with E-state index in [1.54, 1.807) is 0 Å². The zero-order valence-corrected chi connectivity index (χ0v) is 20.3. The SMILES string of the molecule is CC1(C)C=C2Nc3nc(SCc4ccccc4)[nH]c(=O)c3C(c3ccc4c(c3)OCO4)C2C(=O)C1. The summed E-state index contributed by atoms with van der Waals surface area (Å²) in [5.41, 5.74) is 2.74. The highest BCUT2D eigenvalue weighted by Gasteiger charge is 2.45. The van der Waals surface area contributed by atoms with E-state index in [0.29, 0.717) is 40.2 Å². The number of anilines is 1. The topological polar surface area (TPSA) is 93.3 Å². The molecule has 6 rings (SSSR count). The molecule has 0 saturated carbocycles. The molecule has 3 aromatic rings. The van der Waals surface area contributed by atoms with Crippen molar-refractivity contribution >= 4 is 23.4 Å². The lowest BCUT2D eigenvalue weighted by Gasteiger charge is -2.40. The van der Waals surface area contributed by atoms with Gasteiger partial charge in [-0.15, -0.1) is 0 Å². The number of hydrogen-bond donors (Lipinski definition) is 2. The zero-order chi connectivity index (χ0) is 24.2. The summed E-state index contributed by atoms with van der Waals surface area (Å²) in [5.74, 6) is 1.62.